The van der Waals surface area contributed by atoms with Crippen molar-refractivity contribution in [2.24, 2.45) is 0 Å². The largest absolute Gasteiger partial charge is 0.387 e. The molecule has 0 unspecified atom stereocenters. The number of hydrogen-bond donors (Lipinski definition) is 1. The number of aliphatic hydroxyl groups is 1. The fourth-order valence-corrected chi connectivity index (χ4v) is 0.239. The van der Waals surface area contributed by atoms with E-state index >= 15 is 0 Å². The van der Waals surface area contributed by atoms with Crippen LogP contribution in [0, 0.1) is 0 Å². The van der Waals surface area contributed by atoms with Crippen LogP contribution in [-0.4, -0.2) is 24.9 Å². The lowest BCUT2D eigenvalue weighted by atomic mass is 10.4. The minimum absolute atomic E-state index is 0.337. The van der Waals surface area contributed by atoms with Crippen molar-refractivity contribution in [1.29, 1.82) is 0 Å². The third-order valence-corrected chi connectivity index (χ3v) is 0.610. The van der Waals surface area contributed by atoms with E-state index in [1.165, 1.54) is 13.2 Å². The van der Waals surface area contributed by atoms with Crippen molar-refractivity contribution >= 4 is 0 Å². The molecule has 0 aliphatic rings. The molecule has 0 saturated heterocycles. The molecule has 2 nitrogen and oxygen atoms in total. The van der Waals surface area contributed by atoms with Crippen LogP contribution in [0.2, 0.25) is 0 Å². The Balaban J connectivity index is 2.98. The van der Waals surface area contributed by atoms with E-state index in [4.69, 9.17) is 5.11 Å². The Morgan fingerprint density at radius 1 is 2.00 bits per heavy atom. The average molecular weight is 102 g/mol. The molecule has 1 atom stereocenters. The molecule has 0 spiro atoms. The second-order valence-corrected chi connectivity index (χ2v) is 1.26. The van der Waals surface area contributed by atoms with Crippen molar-refractivity contribution in [3.63, 3.8) is 0 Å². The third kappa shape index (κ3) is 3.49. The molecule has 0 heterocycles. The minimum atomic E-state index is -0.509. The van der Waals surface area contributed by atoms with Crippen molar-refractivity contribution in [3.05, 3.63) is 12.7 Å². The molecule has 1 N–H and O–H groups in total. The highest BCUT2D eigenvalue weighted by Gasteiger charge is 1.91. The Morgan fingerprint density at radius 3 is 2.71 bits per heavy atom. The summed E-state index contributed by atoms with van der Waals surface area (Å²) in [6.07, 6.45) is 0.925. The van der Waals surface area contributed by atoms with Crippen LogP contribution in [0.1, 0.15) is 0 Å². The van der Waals surface area contributed by atoms with Crippen LogP contribution in [0.4, 0.5) is 0 Å². The number of hydrogen-bond acceptors (Lipinski definition) is 2. The van der Waals surface area contributed by atoms with Gasteiger partial charge in [-0.3, -0.25) is 0 Å². The zero-order valence-electron chi connectivity index (χ0n) is 4.42. The van der Waals surface area contributed by atoms with Crippen molar-refractivity contribution in [2.75, 3.05) is 13.7 Å². The summed E-state index contributed by atoms with van der Waals surface area (Å²) in [6.45, 7) is 3.69. The lowest BCUT2D eigenvalue weighted by Crippen LogP contribution is -2.08. The average Bonchev–Trinajstić information content (AvgIpc) is 1.68. The summed E-state index contributed by atoms with van der Waals surface area (Å²) >= 11 is 0. The summed E-state index contributed by atoms with van der Waals surface area (Å²) in [4.78, 5) is 0. The topological polar surface area (TPSA) is 29.5 Å². The molecule has 0 aliphatic carbocycles. The highest BCUT2D eigenvalue weighted by Crippen LogP contribution is 1.80. The molecule has 0 aromatic heterocycles. The van der Waals surface area contributed by atoms with E-state index in [1.54, 1.807) is 0 Å². The second-order valence-electron chi connectivity index (χ2n) is 1.26. The van der Waals surface area contributed by atoms with E-state index in [0.717, 1.165) is 0 Å². The summed E-state index contributed by atoms with van der Waals surface area (Å²) < 4.78 is 4.57. The van der Waals surface area contributed by atoms with Crippen molar-refractivity contribution < 1.29 is 9.84 Å². The van der Waals surface area contributed by atoms with Crippen LogP contribution in [0.5, 0.6) is 0 Å². The van der Waals surface area contributed by atoms with Crippen molar-refractivity contribution in [3.8, 4) is 0 Å². The molecule has 0 amide bonds. The van der Waals surface area contributed by atoms with Crippen LogP contribution in [0.15, 0.2) is 12.7 Å². The second kappa shape index (κ2) is 3.84. The smallest absolute Gasteiger partial charge is 0.0951 e. The molecule has 0 aromatic carbocycles. The SMILES string of the molecule is C=C[C@@H](O)COC. The number of aliphatic hydroxyl groups excluding tert-OH is 1. The van der Waals surface area contributed by atoms with Gasteiger partial charge in [-0.05, 0) is 0 Å². The first-order valence-corrected chi connectivity index (χ1v) is 2.10. The Hall–Kier alpha value is -0.340. The fourth-order valence-electron chi connectivity index (χ4n) is 0.239. The summed E-state index contributed by atoms with van der Waals surface area (Å²) in [5, 5.41) is 8.61. The first-order valence-electron chi connectivity index (χ1n) is 2.10. The molecular weight excluding hydrogens is 92.1 g/mol. The number of rotatable bonds is 3. The van der Waals surface area contributed by atoms with E-state index in [9.17, 15) is 0 Å². The van der Waals surface area contributed by atoms with Gasteiger partial charge in [0.2, 0.25) is 0 Å². The van der Waals surface area contributed by atoms with E-state index in [0.29, 0.717) is 6.61 Å². The van der Waals surface area contributed by atoms with Gasteiger partial charge >= 0.3 is 0 Å². The minimum Gasteiger partial charge on any atom is -0.387 e. The molecule has 0 bridgehead atoms. The molecular formula is C5H10O2. The Labute approximate surface area is 43.4 Å². The highest BCUT2D eigenvalue weighted by molar-refractivity contribution is 4.76. The predicted molar refractivity (Wildman–Crippen MR) is 28.1 cm³/mol. The molecule has 7 heavy (non-hydrogen) atoms. The molecule has 0 fully saturated rings. The van der Waals surface area contributed by atoms with E-state index in [-0.39, 0.29) is 0 Å². The zero-order valence-corrected chi connectivity index (χ0v) is 4.42. The Bertz CT molecular complexity index is 52.0. The fraction of sp³-hybridized carbons (Fsp3) is 0.600. The molecule has 0 rings (SSSR count). The van der Waals surface area contributed by atoms with Gasteiger partial charge < -0.3 is 9.84 Å². The Morgan fingerprint density at radius 2 is 2.57 bits per heavy atom. The van der Waals surface area contributed by atoms with Gasteiger partial charge in [0.1, 0.15) is 0 Å². The van der Waals surface area contributed by atoms with Gasteiger partial charge in [0, 0.05) is 7.11 Å². The summed E-state index contributed by atoms with van der Waals surface area (Å²) in [5.74, 6) is 0. The van der Waals surface area contributed by atoms with E-state index < -0.39 is 6.10 Å². The third-order valence-electron chi connectivity index (χ3n) is 0.610. The van der Waals surface area contributed by atoms with Gasteiger partial charge in [0.25, 0.3) is 0 Å². The Kier molecular flexibility index (Phi) is 3.65. The summed E-state index contributed by atoms with van der Waals surface area (Å²) in [6, 6.07) is 0. The van der Waals surface area contributed by atoms with E-state index in [1.807, 2.05) is 0 Å². The maximum atomic E-state index is 8.61. The van der Waals surface area contributed by atoms with Gasteiger partial charge in [-0.25, -0.2) is 0 Å². The summed E-state index contributed by atoms with van der Waals surface area (Å²) in [7, 11) is 1.53. The van der Waals surface area contributed by atoms with Crippen molar-refractivity contribution in [1.82, 2.24) is 0 Å². The van der Waals surface area contributed by atoms with Crippen LogP contribution < -0.4 is 0 Å². The quantitative estimate of drug-likeness (QED) is 0.515. The van der Waals surface area contributed by atoms with Gasteiger partial charge in [-0.2, -0.15) is 0 Å². The van der Waals surface area contributed by atoms with Crippen molar-refractivity contribution in [2.45, 2.75) is 6.10 Å². The van der Waals surface area contributed by atoms with Gasteiger partial charge in [0.05, 0.1) is 12.7 Å². The van der Waals surface area contributed by atoms with Gasteiger partial charge in [-0.1, -0.05) is 6.08 Å². The molecule has 0 radical (unpaired) electrons. The normalized spacial score (nSPS) is 13.4. The van der Waals surface area contributed by atoms with Crippen LogP contribution in [0.3, 0.4) is 0 Å². The highest BCUT2D eigenvalue weighted by atomic mass is 16.5. The monoisotopic (exact) mass is 102 g/mol. The maximum absolute atomic E-state index is 8.61. The van der Waals surface area contributed by atoms with Gasteiger partial charge in [-0.15, -0.1) is 6.58 Å². The van der Waals surface area contributed by atoms with Crippen LogP contribution >= 0.6 is 0 Å². The first-order chi connectivity index (χ1) is 3.31. The lowest BCUT2D eigenvalue weighted by Gasteiger charge is -1.99. The first kappa shape index (κ1) is 6.66. The molecule has 0 saturated carbocycles. The van der Waals surface area contributed by atoms with Gasteiger partial charge in [0.15, 0.2) is 0 Å². The molecule has 0 aromatic rings. The van der Waals surface area contributed by atoms with Crippen LogP contribution in [-0.2, 0) is 4.74 Å². The zero-order chi connectivity index (χ0) is 5.70. The molecule has 42 valence electrons. The summed E-state index contributed by atoms with van der Waals surface area (Å²) in [5.41, 5.74) is 0. The predicted octanol–water partition coefficient (Wildman–Crippen LogP) is 0.180. The van der Waals surface area contributed by atoms with E-state index in [2.05, 4.69) is 11.3 Å². The molecule has 2 heteroatoms. The lowest BCUT2D eigenvalue weighted by molar-refractivity contribution is 0.0935. The standard InChI is InChI=1S/C5H10O2/c1-3-5(6)4-7-2/h3,5-6H,1,4H2,2H3/t5-/m1/s1. The maximum Gasteiger partial charge on any atom is 0.0951 e. The number of ether oxygens (including phenoxy) is 1. The molecule has 0 aliphatic heterocycles. The van der Waals surface area contributed by atoms with Crippen LogP contribution in [0.25, 0.3) is 0 Å². The number of methoxy groups -OCH3 is 1.